The summed E-state index contributed by atoms with van der Waals surface area (Å²) in [6.07, 6.45) is 4.68. The van der Waals surface area contributed by atoms with Crippen LogP contribution in [0.1, 0.15) is 45.2 Å². The lowest BCUT2D eigenvalue weighted by Crippen LogP contribution is -2.32. The van der Waals surface area contributed by atoms with Gasteiger partial charge in [-0.15, -0.1) is 0 Å². The van der Waals surface area contributed by atoms with Crippen LogP contribution in [0.4, 0.5) is 10.3 Å². The second-order valence-electron chi connectivity index (χ2n) is 7.52. The molecule has 5 heteroatoms. The summed E-state index contributed by atoms with van der Waals surface area (Å²) in [6.45, 7) is 9.50. The summed E-state index contributed by atoms with van der Waals surface area (Å²) in [5.74, 6) is 1.28. The Morgan fingerprint density at radius 1 is 1.24 bits per heavy atom. The van der Waals surface area contributed by atoms with Gasteiger partial charge in [0.15, 0.2) is 0 Å². The van der Waals surface area contributed by atoms with Crippen LogP contribution in [0.3, 0.4) is 0 Å². The van der Waals surface area contributed by atoms with Gasteiger partial charge in [0.1, 0.15) is 5.82 Å². The minimum Gasteiger partial charge on any atom is -0.341 e. The zero-order valence-electron chi connectivity index (χ0n) is 15.6. The molecule has 1 atom stereocenters. The first kappa shape index (κ1) is 18.1. The van der Waals surface area contributed by atoms with Crippen LogP contribution < -0.4 is 10.2 Å². The molecule has 0 spiro atoms. The van der Waals surface area contributed by atoms with Crippen LogP contribution in [0.2, 0.25) is 0 Å². The number of nitrogens with zero attached hydrogens (tertiary/aromatic N) is 3. The predicted octanol–water partition coefficient (Wildman–Crippen LogP) is 4.07. The third-order valence-corrected chi connectivity index (χ3v) is 5.00. The molecule has 1 aromatic carbocycles. The summed E-state index contributed by atoms with van der Waals surface area (Å²) in [7, 11) is 0. The normalized spacial score (nSPS) is 18.8. The van der Waals surface area contributed by atoms with E-state index in [1.54, 1.807) is 6.07 Å². The molecule has 1 aliphatic rings. The number of halogens is 1. The molecule has 2 heterocycles. The lowest BCUT2D eigenvalue weighted by molar-refractivity contribution is 0.440. The van der Waals surface area contributed by atoms with Gasteiger partial charge in [0.2, 0.25) is 5.95 Å². The van der Waals surface area contributed by atoms with Gasteiger partial charge in [-0.1, -0.05) is 13.8 Å². The molecule has 3 rings (SSSR count). The van der Waals surface area contributed by atoms with Gasteiger partial charge in [-0.2, -0.15) is 0 Å². The fourth-order valence-corrected chi connectivity index (χ4v) is 3.46. The number of nitrogens with one attached hydrogen (secondary N) is 1. The predicted molar refractivity (Wildman–Crippen MR) is 102 cm³/mol. The fraction of sp³-hybridized carbons (Fsp3) is 0.600. The van der Waals surface area contributed by atoms with Crippen molar-refractivity contribution in [2.75, 3.05) is 24.5 Å². The third-order valence-electron chi connectivity index (χ3n) is 5.00. The van der Waals surface area contributed by atoms with E-state index in [4.69, 9.17) is 0 Å². The van der Waals surface area contributed by atoms with Gasteiger partial charge in [-0.3, -0.25) is 0 Å². The SMILES string of the molecule is Cc1nc(N2CCC[C@@H](NCCC(C)C)CC2)nc2ccc(F)cc12. The van der Waals surface area contributed by atoms with Gasteiger partial charge in [0.25, 0.3) is 0 Å². The first-order valence-corrected chi connectivity index (χ1v) is 9.45. The van der Waals surface area contributed by atoms with E-state index in [-0.39, 0.29) is 5.82 Å². The highest BCUT2D eigenvalue weighted by Crippen LogP contribution is 2.22. The summed E-state index contributed by atoms with van der Waals surface area (Å²) >= 11 is 0. The number of hydrogen-bond donors (Lipinski definition) is 1. The quantitative estimate of drug-likeness (QED) is 0.888. The number of benzene rings is 1. The van der Waals surface area contributed by atoms with Crippen molar-refractivity contribution >= 4 is 16.9 Å². The molecule has 0 saturated carbocycles. The second-order valence-corrected chi connectivity index (χ2v) is 7.52. The topological polar surface area (TPSA) is 41.1 Å². The summed E-state index contributed by atoms with van der Waals surface area (Å²) < 4.78 is 13.4. The fourth-order valence-electron chi connectivity index (χ4n) is 3.46. The Morgan fingerprint density at radius 3 is 2.88 bits per heavy atom. The first-order valence-electron chi connectivity index (χ1n) is 9.45. The van der Waals surface area contributed by atoms with E-state index in [9.17, 15) is 4.39 Å². The minimum absolute atomic E-state index is 0.239. The van der Waals surface area contributed by atoms with Gasteiger partial charge in [0.05, 0.1) is 11.2 Å². The number of rotatable bonds is 5. The van der Waals surface area contributed by atoms with Crippen molar-refractivity contribution in [3.05, 3.63) is 29.7 Å². The molecular weight excluding hydrogens is 315 g/mol. The van der Waals surface area contributed by atoms with Gasteiger partial charge >= 0.3 is 0 Å². The van der Waals surface area contributed by atoms with Crippen molar-refractivity contribution in [3.63, 3.8) is 0 Å². The maximum absolute atomic E-state index is 13.4. The minimum atomic E-state index is -0.239. The molecule has 0 radical (unpaired) electrons. The third kappa shape index (κ3) is 4.66. The van der Waals surface area contributed by atoms with Crippen molar-refractivity contribution < 1.29 is 4.39 Å². The van der Waals surface area contributed by atoms with Gasteiger partial charge in [0, 0.05) is 24.5 Å². The molecule has 0 aliphatic carbocycles. The Labute approximate surface area is 149 Å². The largest absolute Gasteiger partial charge is 0.341 e. The summed E-state index contributed by atoms with van der Waals surface area (Å²) in [6, 6.07) is 5.32. The van der Waals surface area contributed by atoms with Gasteiger partial charge in [-0.25, -0.2) is 14.4 Å². The van der Waals surface area contributed by atoms with Crippen LogP contribution >= 0.6 is 0 Å². The molecule has 2 aromatic rings. The summed E-state index contributed by atoms with van der Waals surface area (Å²) in [5, 5.41) is 4.50. The maximum atomic E-state index is 13.4. The molecule has 1 N–H and O–H groups in total. The van der Waals surface area contributed by atoms with E-state index in [0.717, 1.165) is 60.9 Å². The van der Waals surface area contributed by atoms with Gasteiger partial charge < -0.3 is 10.2 Å². The molecule has 0 bridgehead atoms. The average molecular weight is 344 g/mol. The molecule has 0 unspecified atom stereocenters. The highest BCUT2D eigenvalue weighted by molar-refractivity contribution is 5.81. The van der Waals surface area contributed by atoms with Crippen molar-refractivity contribution in [2.45, 2.75) is 52.5 Å². The second kappa shape index (κ2) is 8.09. The maximum Gasteiger partial charge on any atom is 0.226 e. The number of hydrogen-bond acceptors (Lipinski definition) is 4. The Balaban J connectivity index is 1.68. The van der Waals surface area contributed by atoms with E-state index in [1.165, 1.54) is 25.0 Å². The van der Waals surface area contributed by atoms with Crippen LogP contribution in [-0.4, -0.2) is 35.6 Å². The highest BCUT2D eigenvalue weighted by Gasteiger charge is 2.19. The zero-order valence-corrected chi connectivity index (χ0v) is 15.6. The lowest BCUT2D eigenvalue weighted by atomic mass is 10.1. The number of anilines is 1. The van der Waals surface area contributed by atoms with E-state index in [2.05, 4.69) is 34.0 Å². The van der Waals surface area contributed by atoms with E-state index < -0.39 is 0 Å². The van der Waals surface area contributed by atoms with E-state index in [0.29, 0.717) is 6.04 Å². The molecule has 1 aliphatic heterocycles. The molecule has 1 fully saturated rings. The Hall–Kier alpha value is -1.75. The Morgan fingerprint density at radius 2 is 2.08 bits per heavy atom. The van der Waals surface area contributed by atoms with Crippen LogP contribution in [0.5, 0.6) is 0 Å². The summed E-state index contributed by atoms with van der Waals surface area (Å²) in [4.78, 5) is 11.6. The van der Waals surface area contributed by atoms with Crippen molar-refractivity contribution in [2.24, 2.45) is 5.92 Å². The molecule has 25 heavy (non-hydrogen) atoms. The Kier molecular flexibility index (Phi) is 5.84. The molecule has 136 valence electrons. The molecular formula is C20H29FN4. The van der Waals surface area contributed by atoms with E-state index >= 15 is 0 Å². The van der Waals surface area contributed by atoms with Crippen LogP contribution in [0, 0.1) is 18.7 Å². The smallest absolute Gasteiger partial charge is 0.226 e. The molecule has 0 amide bonds. The molecule has 1 saturated heterocycles. The van der Waals surface area contributed by atoms with Crippen molar-refractivity contribution in [1.82, 2.24) is 15.3 Å². The molecule has 1 aromatic heterocycles. The molecule has 4 nitrogen and oxygen atoms in total. The van der Waals surface area contributed by atoms with E-state index in [1.807, 2.05) is 6.92 Å². The van der Waals surface area contributed by atoms with Crippen LogP contribution in [-0.2, 0) is 0 Å². The van der Waals surface area contributed by atoms with Crippen molar-refractivity contribution in [1.29, 1.82) is 0 Å². The zero-order chi connectivity index (χ0) is 17.8. The van der Waals surface area contributed by atoms with Gasteiger partial charge in [-0.05, 0) is 63.3 Å². The summed E-state index contributed by atoms with van der Waals surface area (Å²) in [5.41, 5.74) is 1.66. The highest BCUT2D eigenvalue weighted by atomic mass is 19.1. The number of aromatic nitrogens is 2. The lowest BCUT2D eigenvalue weighted by Gasteiger charge is -2.22. The van der Waals surface area contributed by atoms with Crippen LogP contribution in [0.25, 0.3) is 10.9 Å². The number of fused-ring (bicyclic) bond motifs is 1. The number of aryl methyl sites for hydroxylation is 1. The standard InChI is InChI=1S/C20H29FN4/c1-14(2)8-10-22-17-5-4-11-25(12-9-17)20-23-15(3)18-13-16(21)6-7-19(18)24-20/h6-7,13-14,17,22H,4-5,8-12H2,1-3H3/t17-/m1/s1. The van der Waals surface area contributed by atoms with Crippen molar-refractivity contribution in [3.8, 4) is 0 Å². The monoisotopic (exact) mass is 344 g/mol. The Bertz CT molecular complexity index is 716. The average Bonchev–Trinajstić information content (AvgIpc) is 2.81. The van der Waals surface area contributed by atoms with Crippen LogP contribution in [0.15, 0.2) is 18.2 Å². The first-order chi connectivity index (χ1) is 12.0.